The van der Waals surface area contributed by atoms with Gasteiger partial charge in [0.2, 0.25) is 5.82 Å². The van der Waals surface area contributed by atoms with E-state index in [9.17, 15) is 9.59 Å². The molecule has 4 N–H and O–H groups in total. The lowest BCUT2D eigenvalue weighted by atomic mass is 10.1. The molecule has 0 spiro atoms. The quantitative estimate of drug-likeness (QED) is 0.494. The molecule has 1 fully saturated rings. The number of hydrogen-bond acceptors (Lipinski definition) is 6. The molecule has 0 amide bonds. The normalized spacial score (nSPS) is 16.4. The lowest BCUT2D eigenvalue weighted by molar-refractivity contribution is 0.0329. The van der Waals surface area contributed by atoms with Crippen molar-refractivity contribution in [3.8, 4) is 0 Å². The van der Waals surface area contributed by atoms with Crippen LogP contribution in [0.2, 0.25) is 0 Å². The SMILES string of the molecule is O=c1[nH]nc(NCCCOC2CCNCC2)c(=O)[nH]1. The zero-order valence-corrected chi connectivity index (χ0v) is 10.7. The molecule has 1 aliphatic rings. The standard InChI is InChI=1S/C11H19N5O3/c17-10-9(15-16-11(18)14-10)13-4-1-7-19-8-2-5-12-6-3-8/h8,12H,1-7H2,(H,13,15)(H2,14,16,17,18). The van der Waals surface area contributed by atoms with E-state index in [1.807, 2.05) is 0 Å². The Hall–Kier alpha value is -1.67. The van der Waals surface area contributed by atoms with Crippen molar-refractivity contribution in [1.82, 2.24) is 20.5 Å². The van der Waals surface area contributed by atoms with Gasteiger partial charge < -0.3 is 15.4 Å². The van der Waals surface area contributed by atoms with E-state index < -0.39 is 11.2 Å². The van der Waals surface area contributed by atoms with Crippen LogP contribution in [0.15, 0.2) is 9.59 Å². The van der Waals surface area contributed by atoms with Crippen molar-refractivity contribution < 1.29 is 4.74 Å². The Morgan fingerprint density at radius 3 is 2.84 bits per heavy atom. The molecule has 8 heteroatoms. The Labute approximate surface area is 110 Å². The molecule has 8 nitrogen and oxygen atoms in total. The van der Waals surface area contributed by atoms with E-state index in [2.05, 4.69) is 25.8 Å². The summed E-state index contributed by atoms with van der Waals surface area (Å²) in [7, 11) is 0. The van der Waals surface area contributed by atoms with E-state index in [-0.39, 0.29) is 5.82 Å². The summed E-state index contributed by atoms with van der Waals surface area (Å²) in [6, 6.07) is 0. The second-order valence-electron chi connectivity index (χ2n) is 4.46. The fraction of sp³-hybridized carbons (Fsp3) is 0.727. The molecular weight excluding hydrogens is 250 g/mol. The van der Waals surface area contributed by atoms with Crippen LogP contribution < -0.4 is 21.9 Å². The number of hydrogen-bond donors (Lipinski definition) is 4. The van der Waals surface area contributed by atoms with E-state index in [1.165, 1.54) is 0 Å². The van der Waals surface area contributed by atoms with Gasteiger partial charge >= 0.3 is 5.69 Å². The van der Waals surface area contributed by atoms with Crippen molar-refractivity contribution in [2.75, 3.05) is 31.6 Å². The number of nitrogens with one attached hydrogen (secondary N) is 4. The first kappa shape index (κ1) is 13.8. The molecule has 1 aromatic heterocycles. The number of aromatic nitrogens is 3. The lowest BCUT2D eigenvalue weighted by Crippen LogP contribution is -2.32. The van der Waals surface area contributed by atoms with Crippen LogP contribution in [-0.2, 0) is 4.74 Å². The number of ether oxygens (including phenoxy) is 1. The summed E-state index contributed by atoms with van der Waals surface area (Å²) in [4.78, 5) is 24.2. The molecule has 0 unspecified atom stereocenters. The maximum absolute atomic E-state index is 11.3. The number of nitrogens with zero attached hydrogens (tertiary/aromatic N) is 1. The Morgan fingerprint density at radius 2 is 2.11 bits per heavy atom. The van der Waals surface area contributed by atoms with E-state index in [0.29, 0.717) is 19.3 Å². The summed E-state index contributed by atoms with van der Waals surface area (Å²) in [6.07, 6.45) is 3.23. The second kappa shape index (κ2) is 7.05. The highest BCUT2D eigenvalue weighted by molar-refractivity contribution is 5.28. The average molecular weight is 269 g/mol. The van der Waals surface area contributed by atoms with Crippen LogP contribution in [0.3, 0.4) is 0 Å². The maximum Gasteiger partial charge on any atom is 0.342 e. The lowest BCUT2D eigenvalue weighted by Gasteiger charge is -2.22. The molecule has 0 aromatic carbocycles. The summed E-state index contributed by atoms with van der Waals surface area (Å²) in [6.45, 7) is 3.26. The van der Waals surface area contributed by atoms with Crippen molar-refractivity contribution >= 4 is 5.82 Å². The van der Waals surface area contributed by atoms with Gasteiger partial charge in [0.1, 0.15) is 0 Å². The molecule has 2 heterocycles. The fourth-order valence-corrected chi connectivity index (χ4v) is 1.96. The van der Waals surface area contributed by atoms with Crippen molar-refractivity contribution in [1.29, 1.82) is 0 Å². The van der Waals surface area contributed by atoms with Crippen LogP contribution in [0.25, 0.3) is 0 Å². The highest BCUT2D eigenvalue weighted by atomic mass is 16.5. The molecule has 0 saturated carbocycles. The first-order chi connectivity index (χ1) is 9.25. The van der Waals surface area contributed by atoms with Gasteiger partial charge in [0.25, 0.3) is 5.56 Å². The highest BCUT2D eigenvalue weighted by Gasteiger charge is 2.12. The fourth-order valence-electron chi connectivity index (χ4n) is 1.96. The van der Waals surface area contributed by atoms with Gasteiger partial charge in [-0.25, -0.2) is 9.89 Å². The predicted octanol–water partition coefficient (Wildman–Crippen LogP) is -0.971. The largest absolute Gasteiger partial charge is 0.378 e. The van der Waals surface area contributed by atoms with E-state index in [4.69, 9.17) is 4.74 Å². The average Bonchev–Trinajstić information content (AvgIpc) is 2.42. The summed E-state index contributed by atoms with van der Waals surface area (Å²) in [5.41, 5.74) is -1.12. The second-order valence-corrected chi connectivity index (χ2v) is 4.46. The molecule has 0 radical (unpaired) electrons. The molecule has 1 aromatic rings. The van der Waals surface area contributed by atoms with E-state index >= 15 is 0 Å². The first-order valence-corrected chi connectivity index (χ1v) is 6.51. The number of rotatable bonds is 6. The topological polar surface area (TPSA) is 112 Å². The maximum atomic E-state index is 11.3. The molecule has 0 aliphatic carbocycles. The van der Waals surface area contributed by atoms with Crippen molar-refractivity contribution in [2.45, 2.75) is 25.4 Å². The molecule has 106 valence electrons. The Bertz CT molecular complexity index is 492. The number of H-pyrrole nitrogens is 2. The van der Waals surface area contributed by atoms with Crippen LogP contribution in [0.5, 0.6) is 0 Å². The van der Waals surface area contributed by atoms with Gasteiger partial charge in [-0.1, -0.05) is 0 Å². The molecule has 19 heavy (non-hydrogen) atoms. The molecule has 2 rings (SSSR count). The van der Waals surface area contributed by atoms with Crippen molar-refractivity contribution in [3.05, 3.63) is 20.8 Å². The van der Waals surface area contributed by atoms with Crippen molar-refractivity contribution in [3.63, 3.8) is 0 Å². The van der Waals surface area contributed by atoms with Gasteiger partial charge in [-0.3, -0.25) is 9.78 Å². The molecule has 0 atom stereocenters. The Balaban J connectivity index is 1.63. The van der Waals surface area contributed by atoms with Gasteiger partial charge in [-0.05, 0) is 32.4 Å². The number of anilines is 1. The summed E-state index contributed by atoms with van der Waals surface area (Å²) < 4.78 is 5.73. The Morgan fingerprint density at radius 1 is 1.32 bits per heavy atom. The third-order valence-electron chi connectivity index (χ3n) is 2.96. The monoisotopic (exact) mass is 269 g/mol. The van der Waals surface area contributed by atoms with Gasteiger partial charge in [-0.15, -0.1) is 5.10 Å². The number of piperidine rings is 1. The summed E-state index contributed by atoms with van der Waals surface area (Å²) >= 11 is 0. The molecule has 1 saturated heterocycles. The third kappa shape index (κ3) is 4.49. The minimum atomic E-state index is -0.607. The van der Waals surface area contributed by atoms with Crippen LogP contribution in [0, 0.1) is 0 Å². The van der Waals surface area contributed by atoms with Gasteiger partial charge in [0.05, 0.1) is 6.10 Å². The van der Waals surface area contributed by atoms with Crippen LogP contribution in [0.4, 0.5) is 5.82 Å². The summed E-state index contributed by atoms with van der Waals surface area (Å²) in [5, 5.41) is 11.9. The zero-order valence-electron chi connectivity index (χ0n) is 10.7. The van der Waals surface area contributed by atoms with E-state index in [1.54, 1.807) is 0 Å². The number of aromatic amines is 2. The zero-order chi connectivity index (χ0) is 13.5. The van der Waals surface area contributed by atoms with Crippen LogP contribution >= 0.6 is 0 Å². The molecule has 0 bridgehead atoms. The third-order valence-corrected chi connectivity index (χ3v) is 2.96. The van der Waals surface area contributed by atoms with Crippen LogP contribution in [0.1, 0.15) is 19.3 Å². The molecular formula is C11H19N5O3. The smallest absolute Gasteiger partial charge is 0.342 e. The Kier molecular flexibility index (Phi) is 5.10. The predicted molar refractivity (Wildman–Crippen MR) is 70.4 cm³/mol. The van der Waals surface area contributed by atoms with Gasteiger partial charge in [0, 0.05) is 13.2 Å². The first-order valence-electron chi connectivity index (χ1n) is 6.51. The minimum Gasteiger partial charge on any atom is -0.378 e. The summed E-state index contributed by atoms with van der Waals surface area (Å²) in [5.74, 6) is 0.126. The highest BCUT2D eigenvalue weighted by Crippen LogP contribution is 2.07. The minimum absolute atomic E-state index is 0.126. The van der Waals surface area contributed by atoms with E-state index in [0.717, 1.165) is 32.4 Å². The molecule has 1 aliphatic heterocycles. The van der Waals surface area contributed by atoms with Crippen molar-refractivity contribution in [2.24, 2.45) is 0 Å². The van der Waals surface area contributed by atoms with Crippen LogP contribution in [-0.4, -0.2) is 47.5 Å². The van der Waals surface area contributed by atoms with Gasteiger partial charge in [-0.2, -0.15) is 0 Å². The van der Waals surface area contributed by atoms with Gasteiger partial charge in [0.15, 0.2) is 0 Å².